The van der Waals surface area contributed by atoms with Gasteiger partial charge in [-0.2, -0.15) is 0 Å². The molecule has 0 aromatic rings. The van der Waals surface area contributed by atoms with Gasteiger partial charge in [0.05, 0.1) is 7.11 Å². The van der Waals surface area contributed by atoms with E-state index in [4.69, 9.17) is 5.73 Å². The highest BCUT2D eigenvalue weighted by Gasteiger charge is 2.28. The van der Waals surface area contributed by atoms with Crippen molar-refractivity contribution in [2.24, 2.45) is 17.6 Å². The van der Waals surface area contributed by atoms with E-state index in [0.717, 1.165) is 13.1 Å². The molecule has 82 valence electrons. The minimum atomic E-state index is -0.502. The van der Waals surface area contributed by atoms with Gasteiger partial charge in [-0.15, -0.1) is 0 Å². The van der Waals surface area contributed by atoms with E-state index in [1.165, 1.54) is 7.11 Å². The third-order valence-electron chi connectivity index (χ3n) is 3.02. The lowest BCUT2D eigenvalue weighted by Gasteiger charge is -2.18. The van der Waals surface area contributed by atoms with E-state index in [1.54, 1.807) is 0 Å². The second-order valence-electron chi connectivity index (χ2n) is 4.30. The van der Waals surface area contributed by atoms with Crippen molar-refractivity contribution in [3.8, 4) is 0 Å². The highest BCUT2D eigenvalue weighted by atomic mass is 16.5. The molecule has 1 fully saturated rings. The van der Waals surface area contributed by atoms with E-state index in [1.807, 2.05) is 0 Å². The first-order valence-electron chi connectivity index (χ1n) is 5.10. The van der Waals surface area contributed by atoms with Crippen molar-refractivity contribution in [3.05, 3.63) is 0 Å². The molecule has 1 aliphatic heterocycles. The zero-order valence-corrected chi connectivity index (χ0v) is 9.19. The number of carbonyl (C=O) groups excluding carboxylic acids is 1. The fourth-order valence-corrected chi connectivity index (χ4v) is 1.90. The van der Waals surface area contributed by atoms with Crippen LogP contribution in [0.1, 0.15) is 13.8 Å². The molecule has 2 N–H and O–H groups in total. The molecule has 14 heavy (non-hydrogen) atoms. The zero-order chi connectivity index (χ0) is 10.7. The average molecular weight is 200 g/mol. The molecular formula is C10H20N2O2. The molecule has 1 saturated heterocycles. The van der Waals surface area contributed by atoms with Gasteiger partial charge in [-0.25, -0.2) is 0 Å². The van der Waals surface area contributed by atoms with Gasteiger partial charge >= 0.3 is 5.97 Å². The van der Waals surface area contributed by atoms with Crippen LogP contribution in [-0.2, 0) is 9.53 Å². The molecule has 1 rings (SSSR count). The highest BCUT2D eigenvalue weighted by molar-refractivity contribution is 5.75. The van der Waals surface area contributed by atoms with Gasteiger partial charge in [0, 0.05) is 19.6 Å². The van der Waals surface area contributed by atoms with E-state index < -0.39 is 6.04 Å². The third-order valence-corrected chi connectivity index (χ3v) is 3.02. The summed E-state index contributed by atoms with van der Waals surface area (Å²) < 4.78 is 4.59. The Hall–Kier alpha value is -0.610. The van der Waals surface area contributed by atoms with Crippen LogP contribution in [-0.4, -0.2) is 43.7 Å². The molecule has 0 aliphatic carbocycles. The number of methoxy groups -OCH3 is 1. The fraction of sp³-hybridized carbons (Fsp3) is 0.900. The normalized spacial score (nSPS) is 30.3. The molecular weight excluding hydrogens is 180 g/mol. The Balaban J connectivity index is 2.35. The predicted molar refractivity (Wildman–Crippen MR) is 54.8 cm³/mol. The summed E-state index contributed by atoms with van der Waals surface area (Å²) in [7, 11) is 1.37. The van der Waals surface area contributed by atoms with Crippen LogP contribution in [0.5, 0.6) is 0 Å². The number of nitrogens with two attached hydrogens (primary N) is 1. The summed E-state index contributed by atoms with van der Waals surface area (Å²) in [6.45, 7) is 7.14. The van der Waals surface area contributed by atoms with Gasteiger partial charge in [-0.1, -0.05) is 13.8 Å². The van der Waals surface area contributed by atoms with Crippen LogP contribution in [0.2, 0.25) is 0 Å². The molecule has 4 heteroatoms. The maximum absolute atomic E-state index is 11.1. The fourth-order valence-electron chi connectivity index (χ4n) is 1.90. The number of nitrogens with zero attached hydrogens (tertiary/aromatic N) is 1. The lowest BCUT2D eigenvalue weighted by Crippen LogP contribution is -2.42. The van der Waals surface area contributed by atoms with Crippen LogP contribution in [0.15, 0.2) is 0 Å². The van der Waals surface area contributed by atoms with Gasteiger partial charge in [0.15, 0.2) is 0 Å². The summed E-state index contributed by atoms with van der Waals surface area (Å²) in [6, 6.07) is -0.502. The first-order valence-corrected chi connectivity index (χ1v) is 5.10. The van der Waals surface area contributed by atoms with Crippen LogP contribution >= 0.6 is 0 Å². The Morgan fingerprint density at radius 3 is 2.43 bits per heavy atom. The van der Waals surface area contributed by atoms with Gasteiger partial charge < -0.3 is 15.4 Å². The number of carbonyl (C=O) groups is 1. The Kier molecular flexibility index (Phi) is 3.89. The topological polar surface area (TPSA) is 55.6 Å². The largest absolute Gasteiger partial charge is 0.468 e. The average Bonchev–Trinajstić information content (AvgIpc) is 2.44. The van der Waals surface area contributed by atoms with E-state index in [-0.39, 0.29) is 5.97 Å². The monoisotopic (exact) mass is 200 g/mol. The van der Waals surface area contributed by atoms with Crippen molar-refractivity contribution >= 4 is 5.97 Å². The Morgan fingerprint density at radius 1 is 1.50 bits per heavy atom. The van der Waals surface area contributed by atoms with E-state index in [2.05, 4.69) is 23.5 Å². The van der Waals surface area contributed by atoms with Crippen molar-refractivity contribution in [2.75, 3.05) is 26.7 Å². The lowest BCUT2D eigenvalue weighted by molar-refractivity contribution is -0.142. The molecule has 0 spiro atoms. The summed E-state index contributed by atoms with van der Waals surface area (Å²) in [5, 5.41) is 0. The van der Waals surface area contributed by atoms with Crippen LogP contribution in [0.4, 0.5) is 0 Å². The Labute approximate surface area is 85.4 Å². The maximum Gasteiger partial charge on any atom is 0.323 e. The lowest BCUT2D eigenvalue weighted by atomic mass is 10.0. The van der Waals surface area contributed by atoms with Crippen LogP contribution in [0.3, 0.4) is 0 Å². The summed E-state index contributed by atoms with van der Waals surface area (Å²) in [5.41, 5.74) is 5.68. The molecule has 1 heterocycles. The highest BCUT2D eigenvalue weighted by Crippen LogP contribution is 2.21. The maximum atomic E-state index is 11.1. The van der Waals surface area contributed by atoms with Crippen molar-refractivity contribution < 1.29 is 9.53 Å². The van der Waals surface area contributed by atoms with Crippen LogP contribution in [0, 0.1) is 11.8 Å². The summed E-state index contributed by atoms with van der Waals surface area (Å²) >= 11 is 0. The van der Waals surface area contributed by atoms with Gasteiger partial charge in [0.25, 0.3) is 0 Å². The molecule has 0 amide bonds. The standard InChI is InChI=1S/C10H20N2O2/c1-7-4-12(5-8(7)2)6-9(11)10(13)14-3/h7-9H,4-6,11H2,1-3H3. The predicted octanol–water partition coefficient (Wildman–Crippen LogP) is 0.0745. The number of hydrogen-bond acceptors (Lipinski definition) is 4. The molecule has 0 aromatic heterocycles. The van der Waals surface area contributed by atoms with Crippen molar-refractivity contribution in [2.45, 2.75) is 19.9 Å². The molecule has 3 unspecified atom stereocenters. The van der Waals surface area contributed by atoms with Crippen molar-refractivity contribution in [1.82, 2.24) is 4.90 Å². The molecule has 0 radical (unpaired) electrons. The molecule has 0 aromatic carbocycles. The van der Waals surface area contributed by atoms with Crippen LogP contribution in [0.25, 0.3) is 0 Å². The van der Waals surface area contributed by atoms with E-state index >= 15 is 0 Å². The van der Waals surface area contributed by atoms with E-state index in [0.29, 0.717) is 18.4 Å². The minimum absolute atomic E-state index is 0.322. The zero-order valence-electron chi connectivity index (χ0n) is 9.19. The third kappa shape index (κ3) is 2.69. The smallest absolute Gasteiger partial charge is 0.323 e. The number of esters is 1. The number of ether oxygens (including phenoxy) is 1. The first-order chi connectivity index (χ1) is 6.54. The number of hydrogen-bond donors (Lipinski definition) is 1. The Bertz CT molecular complexity index is 198. The first kappa shape index (κ1) is 11.5. The van der Waals surface area contributed by atoms with Crippen molar-refractivity contribution in [3.63, 3.8) is 0 Å². The van der Waals surface area contributed by atoms with Crippen molar-refractivity contribution in [1.29, 1.82) is 0 Å². The van der Waals surface area contributed by atoms with Gasteiger partial charge in [-0.05, 0) is 11.8 Å². The van der Waals surface area contributed by atoms with Gasteiger partial charge in [0.1, 0.15) is 6.04 Å². The van der Waals surface area contributed by atoms with Gasteiger partial charge in [-0.3, -0.25) is 4.79 Å². The quantitative estimate of drug-likeness (QED) is 0.655. The summed E-state index contributed by atoms with van der Waals surface area (Å²) in [4.78, 5) is 13.3. The Morgan fingerprint density at radius 2 is 2.00 bits per heavy atom. The van der Waals surface area contributed by atoms with Gasteiger partial charge in [0.2, 0.25) is 0 Å². The molecule has 3 atom stereocenters. The SMILES string of the molecule is COC(=O)C(N)CN1CC(C)C(C)C1. The van der Waals surface area contributed by atoms with E-state index in [9.17, 15) is 4.79 Å². The second kappa shape index (κ2) is 4.75. The van der Waals surface area contributed by atoms with Crippen LogP contribution < -0.4 is 5.73 Å². The minimum Gasteiger partial charge on any atom is -0.468 e. The second-order valence-corrected chi connectivity index (χ2v) is 4.30. The number of rotatable bonds is 3. The molecule has 4 nitrogen and oxygen atoms in total. The summed E-state index contributed by atoms with van der Waals surface area (Å²) in [5.74, 6) is 1.07. The molecule has 1 aliphatic rings. The summed E-state index contributed by atoms with van der Waals surface area (Å²) in [6.07, 6.45) is 0. The number of likely N-dealkylation sites (tertiary alicyclic amines) is 1. The molecule has 0 bridgehead atoms. The molecule has 0 saturated carbocycles.